The first-order valence-electron chi connectivity index (χ1n) is 4.73. The third-order valence-corrected chi connectivity index (χ3v) is 2.76. The summed E-state index contributed by atoms with van der Waals surface area (Å²) in [7, 11) is 0. The largest absolute Gasteiger partial charge is 0.478 e. The Labute approximate surface area is 108 Å². The summed E-state index contributed by atoms with van der Waals surface area (Å²) >= 11 is 11.6. The van der Waals surface area contributed by atoms with Gasteiger partial charge in [0.25, 0.3) is 0 Å². The van der Waals surface area contributed by atoms with Crippen LogP contribution in [0, 0.1) is 0 Å². The van der Waals surface area contributed by atoms with Crippen molar-refractivity contribution in [3.05, 3.63) is 52.1 Å². The molecular weight excluding hydrogens is 261 g/mol. The molecule has 0 spiro atoms. The first-order valence-corrected chi connectivity index (χ1v) is 5.49. The van der Waals surface area contributed by atoms with E-state index in [2.05, 4.69) is 4.98 Å². The topological polar surface area (TPSA) is 50.2 Å². The van der Waals surface area contributed by atoms with Crippen molar-refractivity contribution in [2.45, 2.75) is 0 Å². The fourth-order valence-corrected chi connectivity index (χ4v) is 1.74. The van der Waals surface area contributed by atoms with Crippen molar-refractivity contribution in [3.63, 3.8) is 0 Å². The number of nitrogens with zero attached hydrogens (tertiary/aromatic N) is 1. The number of hydrogen-bond acceptors (Lipinski definition) is 2. The Bertz CT molecular complexity index is 567. The predicted octanol–water partition coefficient (Wildman–Crippen LogP) is 3.75. The summed E-state index contributed by atoms with van der Waals surface area (Å²) in [6.45, 7) is 0. The third kappa shape index (κ3) is 2.57. The lowest BCUT2D eigenvalue weighted by Gasteiger charge is -2.03. The first-order chi connectivity index (χ1) is 8.08. The number of carboxylic acids is 1. The van der Waals surface area contributed by atoms with Gasteiger partial charge in [0.1, 0.15) is 5.15 Å². The predicted molar refractivity (Wildman–Crippen MR) is 66.7 cm³/mol. The summed E-state index contributed by atoms with van der Waals surface area (Å²) in [5, 5.41) is 9.43. The van der Waals surface area contributed by atoms with Crippen LogP contribution in [0.3, 0.4) is 0 Å². The number of rotatable bonds is 2. The standard InChI is InChI=1S/C12H7Cl2NO2/c13-8-3-1-7(2-4-8)10-6-5-9(12(16)17)11(14)15-10/h1-6H,(H,16,17). The molecule has 0 fully saturated rings. The van der Waals surface area contributed by atoms with Crippen molar-refractivity contribution in [2.24, 2.45) is 0 Å². The van der Waals surface area contributed by atoms with E-state index in [1.165, 1.54) is 6.07 Å². The van der Waals surface area contributed by atoms with Crippen LogP contribution in [0.2, 0.25) is 10.2 Å². The van der Waals surface area contributed by atoms with Gasteiger partial charge in [0.2, 0.25) is 0 Å². The summed E-state index contributed by atoms with van der Waals surface area (Å²) < 4.78 is 0. The van der Waals surface area contributed by atoms with Crippen LogP contribution < -0.4 is 0 Å². The maximum absolute atomic E-state index is 10.8. The lowest BCUT2D eigenvalue weighted by Crippen LogP contribution is -1.99. The molecule has 0 bridgehead atoms. The molecule has 1 N–H and O–H groups in total. The van der Waals surface area contributed by atoms with Crippen LogP contribution in [0.1, 0.15) is 10.4 Å². The molecule has 17 heavy (non-hydrogen) atoms. The normalized spacial score (nSPS) is 10.2. The maximum atomic E-state index is 10.8. The van der Waals surface area contributed by atoms with E-state index >= 15 is 0 Å². The van der Waals surface area contributed by atoms with Crippen molar-refractivity contribution in [1.82, 2.24) is 4.98 Å². The molecule has 0 radical (unpaired) electrons. The molecule has 1 aromatic carbocycles. The SMILES string of the molecule is O=C(O)c1ccc(-c2ccc(Cl)cc2)nc1Cl. The quantitative estimate of drug-likeness (QED) is 0.844. The van der Waals surface area contributed by atoms with Crippen LogP contribution in [-0.2, 0) is 0 Å². The summed E-state index contributed by atoms with van der Waals surface area (Å²) in [4.78, 5) is 14.8. The smallest absolute Gasteiger partial charge is 0.338 e. The Hall–Kier alpha value is -1.58. The van der Waals surface area contributed by atoms with Gasteiger partial charge >= 0.3 is 5.97 Å². The van der Waals surface area contributed by atoms with Gasteiger partial charge in [-0.2, -0.15) is 0 Å². The van der Waals surface area contributed by atoms with Gasteiger partial charge < -0.3 is 5.11 Å². The molecular formula is C12H7Cl2NO2. The third-order valence-electron chi connectivity index (χ3n) is 2.22. The molecule has 2 rings (SSSR count). The second-order valence-corrected chi connectivity index (χ2v) is 4.14. The van der Waals surface area contributed by atoms with Gasteiger partial charge in [0.05, 0.1) is 11.3 Å². The van der Waals surface area contributed by atoms with Gasteiger partial charge in [0.15, 0.2) is 0 Å². The molecule has 0 amide bonds. The summed E-state index contributed by atoms with van der Waals surface area (Å²) in [6, 6.07) is 10.1. The zero-order valence-corrected chi connectivity index (χ0v) is 10.0. The van der Waals surface area contributed by atoms with Crippen molar-refractivity contribution < 1.29 is 9.90 Å². The molecule has 0 aliphatic rings. The van der Waals surface area contributed by atoms with Crippen LogP contribution in [0.25, 0.3) is 11.3 Å². The molecule has 0 aliphatic carbocycles. The Kier molecular flexibility index (Phi) is 3.31. The molecule has 1 heterocycles. The van der Waals surface area contributed by atoms with E-state index in [0.717, 1.165) is 5.56 Å². The maximum Gasteiger partial charge on any atom is 0.338 e. The first kappa shape index (κ1) is 11.9. The van der Waals surface area contributed by atoms with E-state index in [0.29, 0.717) is 10.7 Å². The summed E-state index contributed by atoms with van der Waals surface area (Å²) in [5.74, 6) is -1.09. The zero-order valence-electron chi connectivity index (χ0n) is 8.52. The highest BCUT2D eigenvalue weighted by molar-refractivity contribution is 6.32. The Balaban J connectivity index is 2.44. The van der Waals surface area contributed by atoms with Crippen LogP contribution in [-0.4, -0.2) is 16.1 Å². The van der Waals surface area contributed by atoms with Crippen molar-refractivity contribution >= 4 is 29.2 Å². The van der Waals surface area contributed by atoms with Crippen LogP contribution >= 0.6 is 23.2 Å². The number of pyridine rings is 1. The van der Waals surface area contributed by atoms with Crippen LogP contribution in [0.5, 0.6) is 0 Å². The number of carbonyl (C=O) groups is 1. The van der Waals surface area contributed by atoms with E-state index in [-0.39, 0.29) is 10.7 Å². The molecule has 1 aromatic heterocycles. The number of carboxylic acid groups (broad SMARTS) is 1. The fraction of sp³-hybridized carbons (Fsp3) is 0. The Morgan fingerprint density at radius 3 is 2.24 bits per heavy atom. The molecule has 0 unspecified atom stereocenters. The molecule has 0 aliphatic heterocycles. The van der Waals surface area contributed by atoms with Crippen LogP contribution in [0.4, 0.5) is 0 Å². The number of halogens is 2. The minimum atomic E-state index is -1.09. The van der Waals surface area contributed by atoms with Crippen molar-refractivity contribution in [1.29, 1.82) is 0 Å². The lowest BCUT2D eigenvalue weighted by molar-refractivity contribution is 0.0696. The van der Waals surface area contributed by atoms with Gasteiger partial charge in [-0.3, -0.25) is 0 Å². The van der Waals surface area contributed by atoms with Gasteiger partial charge in [-0.05, 0) is 24.3 Å². The highest BCUT2D eigenvalue weighted by atomic mass is 35.5. The van der Waals surface area contributed by atoms with Crippen LogP contribution in [0.15, 0.2) is 36.4 Å². The highest BCUT2D eigenvalue weighted by Crippen LogP contribution is 2.23. The molecule has 86 valence electrons. The number of aromatic carboxylic acids is 1. The van der Waals surface area contributed by atoms with E-state index in [9.17, 15) is 4.79 Å². The fourth-order valence-electron chi connectivity index (χ4n) is 1.38. The second kappa shape index (κ2) is 4.73. The lowest BCUT2D eigenvalue weighted by atomic mass is 10.1. The van der Waals surface area contributed by atoms with Crippen molar-refractivity contribution in [3.8, 4) is 11.3 Å². The minimum Gasteiger partial charge on any atom is -0.478 e. The van der Waals surface area contributed by atoms with E-state index in [1.54, 1.807) is 30.3 Å². The number of hydrogen-bond donors (Lipinski definition) is 1. The van der Waals surface area contributed by atoms with Gasteiger partial charge in [-0.15, -0.1) is 0 Å². The number of benzene rings is 1. The average Bonchev–Trinajstić information content (AvgIpc) is 2.29. The van der Waals surface area contributed by atoms with Crippen molar-refractivity contribution in [2.75, 3.05) is 0 Å². The van der Waals surface area contributed by atoms with E-state index in [4.69, 9.17) is 28.3 Å². The zero-order chi connectivity index (χ0) is 12.4. The highest BCUT2D eigenvalue weighted by Gasteiger charge is 2.11. The Morgan fingerprint density at radius 1 is 1.06 bits per heavy atom. The average molecular weight is 268 g/mol. The monoisotopic (exact) mass is 267 g/mol. The van der Waals surface area contributed by atoms with Gasteiger partial charge in [0, 0.05) is 10.6 Å². The van der Waals surface area contributed by atoms with Gasteiger partial charge in [-0.1, -0.05) is 35.3 Å². The minimum absolute atomic E-state index is 0.00983. The molecule has 0 saturated carbocycles. The van der Waals surface area contributed by atoms with E-state index in [1.807, 2.05) is 0 Å². The summed E-state index contributed by atoms with van der Waals surface area (Å²) in [5.41, 5.74) is 1.43. The second-order valence-electron chi connectivity index (χ2n) is 3.35. The number of aromatic nitrogens is 1. The van der Waals surface area contributed by atoms with E-state index < -0.39 is 5.97 Å². The van der Waals surface area contributed by atoms with Gasteiger partial charge in [-0.25, -0.2) is 9.78 Å². The molecule has 2 aromatic rings. The molecule has 0 atom stereocenters. The molecule has 3 nitrogen and oxygen atoms in total. The molecule has 0 saturated heterocycles. The Morgan fingerprint density at radius 2 is 1.71 bits per heavy atom. The summed E-state index contributed by atoms with van der Waals surface area (Å²) in [6.07, 6.45) is 0. The molecule has 5 heteroatoms.